The zero-order valence-electron chi connectivity index (χ0n) is 19.8. The topological polar surface area (TPSA) is 52.6 Å². The van der Waals surface area contributed by atoms with E-state index in [1.165, 1.54) is 0 Å². The Morgan fingerprint density at radius 2 is 1.46 bits per heavy atom. The highest BCUT2D eigenvalue weighted by atomic mass is 19.4. The maximum absolute atomic E-state index is 13.3. The number of urea groups is 1. The highest BCUT2D eigenvalue weighted by molar-refractivity contribution is 5.76. The molecule has 192 valence electrons. The molecule has 2 aromatic carbocycles. The number of amides is 2. The van der Waals surface area contributed by atoms with E-state index < -0.39 is 40.4 Å². The Morgan fingerprint density at radius 1 is 0.943 bits per heavy atom. The van der Waals surface area contributed by atoms with Crippen molar-refractivity contribution in [1.29, 1.82) is 0 Å². The van der Waals surface area contributed by atoms with Gasteiger partial charge in [-0.3, -0.25) is 0 Å². The number of hydrogen-bond acceptors (Lipinski definition) is 2. The summed E-state index contributed by atoms with van der Waals surface area (Å²) in [5, 5.41) is 12.6. The molecule has 0 radical (unpaired) electrons. The fourth-order valence-electron chi connectivity index (χ4n) is 4.58. The minimum absolute atomic E-state index is 0.204. The second-order valence-corrected chi connectivity index (χ2v) is 10.2. The van der Waals surface area contributed by atoms with E-state index in [-0.39, 0.29) is 12.6 Å². The van der Waals surface area contributed by atoms with Crippen molar-refractivity contribution in [3.63, 3.8) is 0 Å². The zero-order chi connectivity index (χ0) is 26.4. The molecule has 2 aromatic rings. The van der Waals surface area contributed by atoms with Crippen LogP contribution < -0.4 is 5.32 Å². The van der Waals surface area contributed by atoms with Crippen LogP contribution in [0.4, 0.5) is 31.1 Å². The van der Waals surface area contributed by atoms with Crippen molar-refractivity contribution < 1.29 is 36.2 Å². The molecule has 10 heteroatoms. The SMILES string of the molecule is CC(C)(C)NC(=O)N1C[C@H](c2ccc(C(O)(C(F)(F)F)C(F)(F)F)cc2)[C@](C)(c2ccccc2)C1. The second kappa shape index (κ2) is 8.72. The summed E-state index contributed by atoms with van der Waals surface area (Å²) in [7, 11) is 0. The molecule has 0 spiro atoms. The first-order valence-corrected chi connectivity index (χ1v) is 11.0. The molecule has 1 fully saturated rings. The molecule has 0 saturated carbocycles. The van der Waals surface area contributed by atoms with E-state index in [9.17, 15) is 36.2 Å². The highest BCUT2D eigenvalue weighted by Gasteiger charge is 2.71. The first kappa shape index (κ1) is 26.8. The van der Waals surface area contributed by atoms with Gasteiger partial charge < -0.3 is 15.3 Å². The minimum atomic E-state index is -5.96. The Balaban J connectivity index is 2.03. The van der Waals surface area contributed by atoms with Gasteiger partial charge in [-0.25, -0.2) is 4.79 Å². The molecule has 2 atom stereocenters. The van der Waals surface area contributed by atoms with Gasteiger partial charge in [-0.15, -0.1) is 0 Å². The van der Waals surface area contributed by atoms with Gasteiger partial charge in [-0.05, 0) is 31.9 Å². The highest BCUT2D eigenvalue weighted by Crippen LogP contribution is 2.51. The maximum Gasteiger partial charge on any atom is 0.430 e. The molecule has 1 aliphatic rings. The normalized spacial score (nSPS) is 21.8. The summed E-state index contributed by atoms with van der Waals surface area (Å²) >= 11 is 0. The van der Waals surface area contributed by atoms with E-state index in [2.05, 4.69) is 5.32 Å². The van der Waals surface area contributed by atoms with Crippen LogP contribution in [-0.2, 0) is 11.0 Å². The lowest BCUT2D eigenvalue weighted by Gasteiger charge is -2.34. The number of rotatable bonds is 3. The van der Waals surface area contributed by atoms with Crippen LogP contribution in [0.5, 0.6) is 0 Å². The Labute approximate surface area is 199 Å². The van der Waals surface area contributed by atoms with E-state index in [1.807, 2.05) is 58.0 Å². The Hall–Kier alpha value is -2.75. The maximum atomic E-state index is 13.3. The molecule has 1 heterocycles. The predicted octanol–water partition coefficient (Wildman–Crippen LogP) is 5.86. The van der Waals surface area contributed by atoms with Gasteiger partial charge in [-0.1, -0.05) is 61.5 Å². The third kappa shape index (κ3) is 4.98. The molecule has 2 N–H and O–H groups in total. The molecule has 0 unspecified atom stereocenters. The third-order valence-electron chi connectivity index (χ3n) is 6.45. The minimum Gasteiger partial charge on any atom is -0.369 e. The smallest absolute Gasteiger partial charge is 0.369 e. The molecule has 4 nitrogen and oxygen atoms in total. The number of carbonyl (C=O) groups excluding carboxylic acids is 1. The van der Waals surface area contributed by atoms with Gasteiger partial charge in [0, 0.05) is 35.5 Å². The summed E-state index contributed by atoms with van der Waals surface area (Å²) in [6.07, 6.45) is -11.9. The number of carbonyl (C=O) groups is 1. The van der Waals surface area contributed by atoms with Crippen molar-refractivity contribution in [2.45, 2.75) is 62.5 Å². The number of likely N-dealkylation sites (tertiary alicyclic amines) is 1. The van der Waals surface area contributed by atoms with E-state index in [1.54, 1.807) is 4.90 Å². The lowest BCUT2D eigenvalue weighted by molar-refractivity contribution is -0.376. The lowest BCUT2D eigenvalue weighted by Crippen LogP contribution is -2.53. The third-order valence-corrected chi connectivity index (χ3v) is 6.45. The van der Waals surface area contributed by atoms with Crippen LogP contribution in [0.1, 0.15) is 50.3 Å². The summed E-state index contributed by atoms with van der Waals surface area (Å²) in [5.74, 6) is -0.422. The van der Waals surface area contributed by atoms with Crippen LogP contribution in [0.15, 0.2) is 54.6 Å². The molecule has 35 heavy (non-hydrogen) atoms. The first-order chi connectivity index (χ1) is 15.9. The number of alkyl halides is 6. The van der Waals surface area contributed by atoms with Crippen LogP contribution in [0, 0.1) is 0 Å². The Morgan fingerprint density at radius 3 is 1.91 bits per heavy atom. The van der Waals surface area contributed by atoms with Crippen molar-refractivity contribution in [3.05, 3.63) is 71.3 Å². The summed E-state index contributed by atoms with van der Waals surface area (Å²) in [4.78, 5) is 14.5. The molecular formula is C25H28F6N2O2. The Bertz CT molecular complexity index is 1030. The molecule has 0 aliphatic carbocycles. The van der Waals surface area contributed by atoms with Gasteiger partial charge >= 0.3 is 18.4 Å². The quantitative estimate of drug-likeness (QED) is 0.517. The average molecular weight is 502 g/mol. The molecule has 0 bridgehead atoms. The molecular weight excluding hydrogens is 474 g/mol. The molecule has 1 aliphatic heterocycles. The van der Waals surface area contributed by atoms with Crippen LogP contribution >= 0.6 is 0 Å². The number of halogens is 6. The van der Waals surface area contributed by atoms with Gasteiger partial charge in [0.05, 0.1) is 0 Å². The lowest BCUT2D eigenvalue weighted by atomic mass is 9.71. The average Bonchev–Trinajstić information content (AvgIpc) is 3.10. The fourth-order valence-corrected chi connectivity index (χ4v) is 4.58. The van der Waals surface area contributed by atoms with Gasteiger partial charge in [0.15, 0.2) is 0 Å². The van der Waals surface area contributed by atoms with Crippen molar-refractivity contribution >= 4 is 6.03 Å². The number of aliphatic hydroxyl groups is 1. The van der Waals surface area contributed by atoms with E-state index in [0.29, 0.717) is 24.2 Å². The Kier molecular flexibility index (Phi) is 6.69. The molecule has 0 aromatic heterocycles. The molecule has 2 amide bonds. The van der Waals surface area contributed by atoms with Crippen LogP contribution in [-0.4, -0.2) is 47.0 Å². The standard InChI is InChI=1S/C25H28F6N2O2/c1-21(2,3)32-20(34)33-14-19(22(4,15-33)17-8-6-5-7-9-17)16-10-12-18(13-11-16)23(35,24(26,27)28)25(29,30)31/h5-13,19,35H,14-15H2,1-4H3,(H,32,34)/t19-,22+/m1/s1. The summed E-state index contributed by atoms with van der Waals surface area (Å²) in [5.41, 5.74) is -6.14. The molecule has 3 rings (SSSR count). The first-order valence-electron chi connectivity index (χ1n) is 11.0. The van der Waals surface area contributed by atoms with Gasteiger partial charge in [0.2, 0.25) is 0 Å². The largest absolute Gasteiger partial charge is 0.430 e. The van der Waals surface area contributed by atoms with Gasteiger partial charge in [0.25, 0.3) is 5.60 Å². The van der Waals surface area contributed by atoms with E-state index in [4.69, 9.17) is 0 Å². The van der Waals surface area contributed by atoms with Gasteiger partial charge in [-0.2, -0.15) is 26.3 Å². The monoisotopic (exact) mass is 502 g/mol. The van der Waals surface area contributed by atoms with Gasteiger partial charge in [0.1, 0.15) is 0 Å². The second-order valence-electron chi connectivity index (χ2n) is 10.2. The van der Waals surface area contributed by atoms with E-state index >= 15 is 0 Å². The summed E-state index contributed by atoms with van der Waals surface area (Å²) in [6.45, 7) is 7.89. The number of nitrogens with one attached hydrogen (secondary N) is 1. The van der Waals surface area contributed by atoms with Crippen molar-refractivity contribution in [3.8, 4) is 0 Å². The zero-order valence-corrected chi connectivity index (χ0v) is 19.8. The number of benzene rings is 2. The van der Waals surface area contributed by atoms with Crippen LogP contribution in [0.2, 0.25) is 0 Å². The van der Waals surface area contributed by atoms with Crippen molar-refractivity contribution in [2.24, 2.45) is 0 Å². The fraction of sp³-hybridized carbons (Fsp3) is 0.480. The molecule has 1 saturated heterocycles. The summed E-state index contributed by atoms with van der Waals surface area (Å²) < 4.78 is 79.7. The van der Waals surface area contributed by atoms with Crippen molar-refractivity contribution in [1.82, 2.24) is 10.2 Å². The van der Waals surface area contributed by atoms with Crippen LogP contribution in [0.25, 0.3) is 0 Å². The van der Waals surface area contributed by atoms with Crippen molar-refractivity contribution in [2.75, 3.05) is 13.1 Å². The summed E-state index contributed by atoms with van der Waals surface area (Å²) in [6, 6.07) is 12.5. The van der Waals surface area contributed by atoms with Crippen LogP contribution in [0.3, 0.4) is 0 Å². The van der Waals surface area contributed by atoms with E-state index in [0.717, 1.165) is 17.7 Å². The number of nitrogens with zero attached hydrogens (tertiary/aromatic N) is 1. The number of hydrogen-bond donors (Lipinski definition) is 2. The predicted molar refractivity (Wildman–Crippen MR) is 119 cm³/mol.